The highest BCUT2D eigenvalue weighted by molar-refractivity contribution is 6.84. The Hall–Kier alpha value is -0.216. The van der Waals surface area contributed by atoms with Crippen LogP contribution in [0.4, 0.5) is 0 Å². The van der Waals surface area contributed by atoms with Gasteiger partial charge in [-0.1, -0.05) is 6.42 Å². The number of hydrogen-bond acceptors (Lipinski definition) is 4. The van der Waals surface area contributed by atoms with Crippen molar-refractivity contribution in [3.63, 3.8) is 0 Å². The largest absolute Gasteiger partial charge is 0.481 e. The van der Waals surface area contributed by atoms with Crippen LogP contribution in [-0.2, 0) is 13.8 Å². The average Bonchev–Trinajstić information content (AvgIpc) is 2.22. The molecule has 0 bridgehead atoms. The third-order valence-corrected chi connectivity index (χ3v) is 10.5. The number of hydrogen-bond donors (Lipinski definition) is 2. The van der Waals surface area contributed by atoms with Gasteiger partial charge in [-0.3, -0.25) is 10.1 Å². The van der Waals surface area contributed by atoms with Gasteiger partial charge in [0.05, 0.1) is 6.61 Å². The minimum atomic E-state index is -1.76. The maximum atomic E-state index is 10.5. The van der Waals surface area contributed by atoms with E-state index in [4.69, 9.17) is 14.5 Å². The lowest BCUT2D eigenvalue weighted by Crippen LogP contribution is -2.44. The second-order valence-electron chi connectivity index (χ2n) is 6.16. The standard InChI is InChI=1S/C12H28O5Si2/c1-18(2,10-6-5-9-16-15)17-19(3,4)11-7-8-12(13)14/h15H,5-11H2,1-4H3,(H,13,14). The highest BCUT2D eigenvalue weighted by atomic mass is 28.4. The van der Waals surface area contributed by atoms with Gasteiger partial charge in [-0.2, -0.15) is 0 Å². The van der Waals surface area contributed by atoms with Crippen molar-refractivity contribution in [2.45, 2.75) is 64.0 Å². The van der Waals surface area contributed by atoms with Crippen LogP contribution in [-0.4, -0.2) is 39.6 Å². The second-order valence-corrected chi connectivity index (χ2v) is 15.0. The molecule has 7 heteroatoms. The predicted molar refractivity (Wildman–Crippen MR) is 80.3 cm³/mol. The summed E-state index contributed by atoms with van der Waals surface area (Å²) >= 11 is 0. The summed E-state index contributed by atoms with van der Waals surface area (Å²) < 4.78 is 6.37. The lowest BCUT2D eigenvalue weighted by Gasteiger charge is -2.34. The van der Waals surface area contributed by atoms with Crippen LogP contribution in [0.2, 0.25) is 38.3 Å². The van der Waals surface area contributed by atoms with Gasteiger partial charge < -0.3 is 9.22 Å². The first-order valence-electron chi connectivity index (χ1n) is 6.87. The number of unbranched alkanes of at least 4 members (excludes halogenated alkanes) is 1. The molecule has 0 aromatic rings. The summed E-state index contributed by atoms with van der Waals surface area (Å²) in [6.45, 7) is 9.13. The van der Waals surface area contributed by atoms with Gasteiger partial charge in [0.15, 0.2) is 16.6 Å². The first kappa shape index (κ1) is 18.8. The van der Waals surface area contributed by atoms with Crippen molar-refractivity contribution in [1.82, 2.24) is 0 Å². The first-order valence-corrected chi connectivity index (χ1v) is 13.1. The summed E-state index contributed by atoms with van der Waals surface area (Å²) in [5, 5.41) is 16.9. The fraction of sp³-hybridized carbons (Fsp3) is 0.917. The van der Waals surface area contributed by atoms with Crippen molar-refractivity contribution in [2.24, 2.45) is 0 Å². The molecule has 0 spiro atoms. The van der Waals surface area contributed by atoms with Crippen LogP contribution in [0.3, 0.4) is 0 Å². The molecule has 0 unspecified atom stereocenters. The molecule has 0 fully saturated rings. The van der Waals surface area contributed by atoms with Crippen molar-refractivity contribution in [3.8, 4) is 0 Å². The Morgan fingerprint density at radius 1 is 1.00 bits per heavy atom. The highest BCUT2D eigenvalue weighted by Gasteiger charge is 2.32. The SMILES string of the molecule is C[Si](C)(CCCCOO)O[Si](C)(C)CCCC(=O)O. The zero-order valence-electron chi connectivity index (χ0n) is 12.6. The molecule has 5 nitrogen and oxygen atoms in total. The van der Waals surface area contributed by atoms with Crippen LogP contribution in [0.1, 0.15) is 25.7 Å². The molecule has 0 atom stereocenters. The number of rotatable bonds is 11. The van der Waals surface area contributed by atoms with Crippen molar-refractivity contribution in [2.75, 3.05) is 6.61 Å². The zero-order chi connectivity index (χ0) is 14.9. The van der Waals surface area contributed by atoms with Crippen molar-refractivity contribution < 1.29 is 24.2 Å². The summed E-state index contributed by atoms with van der Waals surface area (Å²) in [5.74, 6) is -0.731. The molecule has 19 heavy (non-hydrogen) atoms. The highest BCUT2D eigenvalue weighted by Crippen LogP contribution is 2.24. The van der Waals surface area contributed by atoms with Gasteiger partial charge in [-0.15, -0.1) is 0 Å². The molecule has 0 heterocycles. The van der Waals surface area contributed by atoms with Crippen LogP contribution in [0.15, 0.2) is 0 Å². The molecule has 0 rings (SSSR count). The Balaban J connectivity index is 4.03. The van der Waals surface area contributed by atoms with Crippen molar-refractivity contribution in [3.05, 3.63) is 0 Å². The van der Waals surface area contributed by atoms with Gasteiger partial charge in [0.1, 0.15) is 0 Å². The lowest BCUT2D eigenvalue weighted by molar-refractivity contribution is -0.242. The fourth-order valence-corrected chi connectivity index (χ4v) is 11.2. The van der Waals surface area contributed by atoms with Crippen molar-refractivity contribution in [1.29, 1.82) is 0 Å². The van der Waals surface area contributed by atoms with Gasteiger partial charge in [0, 0.05) is 6.42 Å². The molecule has 2 N–H and O–H groups in total. The molecule has 0 saturated carbocycles. The molecule has 114 valence electrons. The Kier molecular flexibility index (Phi) is 8.76. The predicted octanol–water partition coefficient (Wildman–Crippen LogP) is 3.55. The van der Waals surface area contributed by atoms with E-state index in [1.54, 1.807) is 0 Å². The second kappa shape index (κ2) is 8.86. The summed E-state index contributed by atoms with van der Waals surface area (Å²) in [5.41, 5.74) is 0. The van der Waals surface area contributed by atoms with E-state index < -0.39 is 22.6 Å². The lowest BCUT2D eigenvalue weighted by atomic mass is 10.3. The van der Waals surface area contributed by atoms with Gasteiger partial charge in [0.25, 0.3) is 0 Å². The van der Waals surface area contributed by atoms with Crippen LogP contribution in [0.5, 0.6) is 0 Å². The summed E-state index contributed by atoms with van der Waals surface area (Å²) in [7, 11) is -3.45. The molecule has 0 aliphatic rings. The molecule has 0 aliphatic heterocycles. The van der Waals surface area contributed by atoms with E-state index in [-0.39, 0.29) is 6.42 Å². The normalized spacial score (nSPS) is 12.7. The number of carboxylic acids is 1. The third-order valence-electron chi connectivity index (χ3n) is 2.99. The van der Waals surface area contributed by atoms with Gasteiger partial charge in [-0.25, -0.2) is 4.89 Å². The van der Waals surface area contributed by atoms with E-state index in [0.29, 0.717) is 13.0 Å². The fourth-order valence-electron chi connectivity index (χ4n) is 2.23. The van der Waals surface area contributed by atoms with E-state index in [2.05, 4.69) is 31.1 Å². The molecule has 0 amide bonds. The Labute approximate surface area is 118 Å². The van der Waals surface area contributed by atoms with Crippen LogP contribution >= 0.6 is 0 Å². The molecule has 0 aromatic heterocycles. The molecule has 0 aromatic carbocycles. The smallest absolute Gasteiger partial charge is 0.303 e. The summed E-state index contributed by atoms with van der Waals surface area (Å²) in [6.07, 6.45) is 2.78. The Morgan fingerprint density at radius 2 is 1.53 bits per heavy atom. The molecule has 0 radical (unpaired) electrons. The van der Waals surface area contributed by atoms with Gasteiger partial charge in [-0.05, 0) is 51.1 Å². The van der Waals surface area contributed by atoms with E-state index in [1.165, 1.54) is 0 Å². The van der Waals surface area contributed by atoms with Crippen LogP contribution < -0.4 is 0 Å². The van der Waals surface area contributed by atoms with Crippen LogP contribution in [0.25, 0.3) is 0 Å². The summed E-state index contributed by atoms with van der Waals surface area (Å²) in [4.78, 5) is 14.6. The van der Waals surface area contributed by atoms with Crippen LogP contribution in [0, 0.1) is 0 Å². The Bertz CT molecular complexity index is 269. The number of carbonyl (C=O) groups is 1. The van der Waals surface area contributed by atoms with Gasteiger partial charge >= 0.3 is 5.97 Å². The van der Waals surface area contributed by atoms with E-state index >= 15 is 0 Å². The number of carboxylic acid groups (broad SMARTS) is 1. The quantitative estimate of drug-likeness (QED) is 0.264. The third kappa shape index (κ3) is 11.3. The maximum Gasteiger partial charge on any atom is 0.303 e. The van der Waals surface area contributed by atoms with E-state index in [9.17, 15) is 4.79 Å². The van der Waals surface area contributed by atoms with Crippen molar-refractivity contribution >= 4 is 22.6 Å². The molecule has 0 aliphatic carbocycles. The minimum Gasteiger partial charge on any atom is -0.481 e. The average molecular weight is 309 g/mol. The zero-order valence-corrected chi connectivity index (χ0v) is 14.6. The minimum absolute atomic E-state index is 0.232. The topological polar surface area (TPSA) is 76.0 Å². The first-order chi connectivity index (χ1) is 8.68. The maximum absolute atomic E-state index is 10.5. The van der Waals surface area contributed by atoms with E-state index in [0.717, 1.165) is 24.9 Å². The Morgan fingerprint density at radius 3 is 2.00 bits per heavy atom. The summed E-state index contributed by atoms with van der Waals surface area (Å²) in [6, 6.07) is 1.95. The monoisotopic (exact) mass is 308 g/mol. The van der Waals surface area contributed by atoms with Gasteiger partial charge in [0.2, 0.25) is 0 Å². The molecular formula is C12H28O5Si2. The number of aliphatic carboxylic acids is 1. The molecular weight excluding hydrogens is 280 g/mol. The molecule has 0 saturated heterocycles. The van der Waals surface area contributed by atoms with E-state index in [1.807, 2.05) is 0 Å².